The number of amides is 1. The van der Waals surface area contributed by atoms with Gasteiger partial charge in [-0.2, -0.15) is 0 Å². The zero-order valence-corrected chi connectivity index (χ0v) is 13.6. The second-order valence-electron chi connectivity index (χ2n) is 5.40. The first-order valence-corrected chi connectivity index (χ1v) is 7.69. The molecule has 0 radical (unpaired) electrons. The molecule has 1 aromatic rings. The van der Waals surface area contributed by atoms with Crippen molar-refractivity contribution < 1.29 is 9.90 Å². The number of benzene rings is 1. The van der Waals surface area contributed by atoms with E-state index in [-0.39, 0.29) is 12.5 Å². The number of carbonyl (C=O) groups excluding carboxylic acids is 1. The fourth-order valence-electron chi connectivity index (χ4n) is 2.45. The van der Waals surface area contributed by atoms with Crippen molar-refractivity contribution in [1.82, 2.24) is 4.90 Å². The average molecular weight is 289 g/mol. The van der Waals surface area contributed by atoms with Crippen LogP contribution < -0.4 is 0 Å². The van der Waals surface area contributed by atoms with Gasteiger partial charge >= 0.3 is 0 Å². The van der Waals surface area contributed by atoms with Crippen LogP contribution in [0.2, 0.25) is 0 Å². The molecule has 0 spiro atoms. The Morgan fingerprint density at radius 3 is 2.43 bits per heavy atom. The summed E-state index contributed by atoms with van der Waals surface area (Å²) in [7, 11) is 0. The van der Waals surface area contributed by atoms with Crippen LogP contribution in [0.15, 0.2) is 29.8 Å². The molecule has 0 aromatic heterocycles. The highest BCUT2D eigenvalue weighted by molar-refractivity contribution is 5.96. The molecule has 0 aliphatic rings. The molecule has 0 fully saturated rings. The van der Waals surface area contributed by atoms with Gasteiger partial charge in [0, 0.05) is 18.7 Å². The summed E-state index contributed by atoms with van der Waals surface area (Å²) in [6.07, 6.45) is 3.96. The second kappa shape index (κ2) is 8.63. The number of hydrogen-bond donors (Lipinski definition) is 1. The lowest BCUT2D eigenvalue weighted by Gasteiger charge is -2.21. The maximum atomic E-state index is 12.5. The molecule has 0 aliphatic carbocycles. The second-order valence-corrected chi connectivity index (χ2v) is 5.40. The van der Waals surface area contributed by atoms with Gasteiger partial charge in [-0.25, -0.2) is 0 Å². The molecule has 1 aromatic carbocycles. The third-order valence-electron chi connectivity index (χ3n) is 3.68. The molecule has 0 aliphatic heterocycles. The van der Waals surface area contributed by atoms with Crippen LogP contribution in [0.5, 0.6) is 0 Å². The lowest BCUT2D eigenvalue weighted by Crippen LogP contribution is -2.31. The molecule has 1 amide bonds. The van der Waals surface area contributed by atoms with E-state index in [9.17, 15) is 9.90 Å². The Hall–Kier alpha value is -1.61. The normalized spacial score (nSPS) is 10.3. The first-order valence-electron chi connectivity index (χ1n) is 7.69. The van der Waals surface area contributed by atoms with Crippen molar-refractivity contribution >= 4 is 5.91 Å². The number of nitrogens with zero attached hydrogens (tertiary/aromatic N) is 1. The van der Waals surface area contributed by atoms with Gasteiger partial charge in [0.25, 0.3) is 5.91 Å². The van der Waals surface area contributed by atoms with Crippen molar-refractivity contribution in [2.45, 2.75) is 47.1 Å². The van der Waals surface area contributed by atoms with E-state index in [1.54, 1.807) is 4.90 Å². The molecule has 116 valence electrons. The van der Waals surface area contributed by atoms with Crippen molar-refractivity contribution in [3.8, 4) is 0 Å². The quantitative estimate of drug-likeness (QED) is 0.780. The van der Waals surface area contributed by atoms with Crippen molar-refractivity contribution in [2.75, 3.05) is 13.1 Å². The first kappa shape index (κ1) is 17.4. The smallest absolute Gasteiger partial charge is 0.254 e. The molecule has 0 heterocycles. The van der Waals surface area contributed by atoms with Gasteiger partial charge in [-0.05, 0) is 57.7 Å². The fraction of sp³-hybridized carbons (Fsp3) is 0.500. The molecular formula is C18H27NO2. The lowest BCUT2D eigenvalue weighted by molar-refractivity contribution is 0.0769. The summed E-state index contributed by atoms with van der Waals surface area (Å²) in [4.78, 5) is 14.3. The maximum Gasteiger partial charge on any atom is 0.254 e. The number of hydrogen-bond acceptors (Lipinski definition) is 2. The van der Waals surface area contributed by atoms with Crippen LogP contribution in [0.4, 0.5) is 0 Å². The minimum Gasteiger partial charge on any atom is -0.392 e. The van der Waals surface area contributed by atoms with E-state index in [0.717, 1.165) is 24.0 Å². The van der Waals surface area contributed by atoms with E-state index in [1.165, 1.54) is 5.57 Å². The van der Waals surface area contributed by atoms with Crippen molar-refractivity contribution in [3.63, 3.8) is 0 Å². The highest BCUT2D eigenvalue weighted by Crippen LogP contribution is 2.19. The summed E-state index contributed by atoms with van der Waals surface area (Å²) < 4.78 is 0. The summed E-state index contributed by atoms with van der Waals surface area (Å²) in [5, 5.41) is 9.70. The summed E-state index contributed by atoms with van der Waals surface area (Å²) in [5.41, 5.74) is 3.76. The molecule has 0 atom stereocenters. The van der Waals surface area contributed by atoms with Gasteiger partial charge in [0.15, 0.2) is 0 Å². The molecule has 0 bridgehead atoms. The Morgan fingerprint density at radius 1 is 1.24 bits per heavy atom. The van der Waals surface area contributed by atoms with Crippen LogP contribution in [0.3, 0.4) is 0 Å². The highest BCUT2D eigenvalue weighted by Gasteiger charge is 2.17. The number of carbonyl (C=O) groups is 1. The molecular weight excluding hydrogens is 262 g/mol. The minimum atomic E-state index is -0.0899. The Balaban J connectivity index is 3.06. The highest BCUT2D eigenvalue weighted by atomic mass is 16.3. The Labute approximate surface area is 128 Å². The first-order chi connectivity index (χ1) is 10.0. The van der Waals surface area contributed by atoms with Crippen molar-refractivity contribution in [1.29, 1.82) is 0 Å². The summed E-state index contributed by atoms with van der Waals surface area (Å²) >= 11 is 0. The van der Waals surface area contributed by atoms with Crippen LogP contribution in [-0.2, 0) is 13.0 Å². The number of rotatable bonds is 7. The fourth-order valence-corrected chi connectivity index (χ4v) is 2.45. The number of aliphatic hydroxyl groups is 1. The number of aryl methyl sites for hydroxylation is 1. The van der Waals surface area contributed by atoms with E-state index in [2.05, 4.69) is 19.9 Å². The van der Waals surface area contributed by atoms with E-state index in [4.69, 9.17) is 0 Å². The predicted molar refractivity (Wildman–Crippen MR) is 87.4 cm³/mol. The van der Waals surface area contributed by atoms with Crippen LogP contribution in [0.1, 0.15) is 55.6 Å². The standard InChI is InChI=1S/C18H27NO2/c1-5-19(6-2)18(21)16-12-8-11-15(17(16)13-20)10-7-9-14(3)4/h8-9,11-12,20H,5-7,10,13H2,1-4H3. The summed E-state index contributed by atoms with van der Waals surface area (Å²) in [6.45, 7) is 9.37. The molecule has 1 rings (SSSR count). The molecule has 3 nitrogen and oxygen atoms in total. The zero-order chi connectivity index (χ0) is 15.8. The maximum absolute atomic E-state index is 12.5. The SMILES string of the molecule is CCN(CC)C(=O)c1cccc(CCC=C(C)C)c1CO. The Bertz CT molecular complexity index is 498. The van der Waals surface area contributed by atoms with Gasteiger partial charge in [-0.1, -0.05) is 23.8 Å². The molecule has 0 unspecified atom stereocenters. The number of aliphatic hydroxyl groups excluding tert-OH is 1. The van der Waals surface area contributed by atoms with Gasteiger partial charge in [0.05, 0.1) is 6.61 Å². The van der Waals surface area contributed by atoms with Gasteiger partial charge < -0.3 is 10.0 Å². The van der Waals surface area contributed by atoms with Crippen LogP contribution >= 0.6 is 0 Å². The molecule has 21 heavy (non-hydrogen) atoms. The summed E-state index contributed by atoms with van der Waals surface area (Å²) in [6, 6.07) is 5.73. The zero-order valence-electron chi connectivity index (χ0n) is 13.6. The predicted octanol–water partition coefficient (Wildman–Crippen LogP) is 3.56. The topological polar surface area (TPSA) is 40.5 Å². The Kier molecular flexibility index (Phi) is 7.17. The van der Waals surface area contributed by atoms with Gasteiger partial charge in [0.1, 0.15) is 0 Å². The van der Waals surface area contributed by atoms with Gasteiger partial charge in [-0.3, -0.25) is 4.79 Å². The molecule has 1 N–H and O–H groups in total. The minimum absolute atomic E-state index is 0.00751. The third-order valence-corrected chi connectivity index (χ3v) is 3.68. The van der Waals surface area contributed by atoms with E-state index >= 15 is 0 Å². The van der Waals surface area contributed by atoms with E-state index in [1.807, 2.05) is 32.0 Å². The summed E-state index contributed by atoms with van der Waals surface area (Å²) in [5.74, 6) is 0.00751. The molecule has 0 saturated heterocycles. The average Bonchev–Trinajstić information content (AvgIpc) is 2.47. The van der Waals surface area contributed by atoms with Crippen LogP contribution in [0.25, 0.3) is 0 Å². The van der Waals surface area contributed by atoms with Crippen LogP contribution in [-0.4, -0.2) is 29.0 Å². The van der Waals surface area contributed by atoms with Crippen molar-refractivity contribution in [2.24, 2.45) is 0 Å². The largest absolute Gasteiger partial charge is 0.392 e. The van der Waals surface area contributed by atoms with E-state index < -0.39 is 0 Å². The Morgan fingerprint density at radius 2 is 1.90 bits per heavy atom. The van der Waals surface area contributed by atoms with Gasteiger partial charge in [-0.15, -0.1) is 0 Å². The third kappa shape index (κ3) is 4.71. The van der Waals surface area contributed by atoms with Crippen molar-refractivity contribution in [3.05, 3.63) is 46.5 Å². The number of allylic oxidation sites excluding steroid dienone is 2. The molecule has 0 saturated carbocycles. The lowest BCUT2D eigenvalue weighted by atomic mass is 9.97. The monoisotopic (exact) mass is 289 g/mol. The van der Waals surface area contributed by atoms with Crippen LogP contribution in [0, 0.1) is 0 Å². The molecule has 3 heteroatoms. The van der Waals surface area contributed by atoms with E-state index in [0.29, 0.717) is 18.7 Å². The van der Waals surface area contributed by atoms with Gasteiger partial charge in [0.2, 0.25) is 0 Å².